The number of nitrogens with zero attached hydrogens (tertiary/aromatic N) is 1. The summed E-state index contributed by atoms with van der Waals surface area (Å²) in [6.45, 7) is 3.34. The zero-order chi connectivity index (χ0) is 12.1. The minimum absolute atomic E-state index is 0. The van der Waals surface area contributed by atoms with E-state index in [1.807, 2.05) is 24.3 Å². The fourth-order valence-electron chi connectivity index (χ4n) is 2.22. The number of ether oxygens (including phenoxy) is 1. The van der Waals surface area contributed by atoms with E-state index >= 15 is 0 Å². The predicted octanol–water partition coefficient (Wildman–Crippen LogP) is 2.03. The van der Waals surface area contributed by atoms with Gasteiger partial charge in [0.05, 0.1) is 13.2 Å². The average molecular weight is 275 g/mol. The number of nitrogens with one attached hydrogen (secondary N) is 1. The first kappa shape index (κ1) is 15.2. The topological polar surface area (TPSA) is 24.5 Å². The number of benzene rings is 1. The molecule has 0 aromatic heterocycles. The van der Waals surface area contributed by atoms with E-state index in [0.717, 1.165) is 37.5 Å². The van der Waals surface area contributed by atoms with E-state index in [1.165, 1.54) is 0 Å². The molecule has 1 aliphatic heterocycles. The first-order valence-corrected chi connectivity index (χ1v) is 6.00. The number of rotatable bonds is 4. The largest absolute Gasteiger partial charge is 0.497 e. The van der Waals surface area contributed by atoms with Crippen molar-refractivity contribution < 1.29 is 9.13 Å². The molecule has 2 rings (SSSR count). The summed E-state index contributed by atoms with van der Waals surface area (Å²) >= 11 is 0. The minimum atomic E-state index is -0.341. The maximum atomic E-state index is 13.2. The Balaban J connectivity index is 0.00000162. The molecule has 1 aromatic rings. The molecule has 0 bridgehead atoms. The lowest BCUT2D eigenvalue weighted by Crippen LogP contribution is -2.45. The van der Waals surface area contributed by atoms with Gasteiger partial charge in [0.25, 0.3) is 0 Å². The van der Waals surface area contributed by atoms with Crippen LogP contribution in [0.1, 0.15) is 11.6 Å². The standard InChI is InChI=1S/C13H19FN2O.ClH/c1-17-12-4-2-11(3-5-12)13(10-14)16-8-6-15-7-9-16;/h2-5,13,15H,6-10H2,1H3;1H/t13-;/m1./s1. The molecule has 1 saturated heterocycles. The summed E-state index contributed by atoms with van der Waals surface area (Å²) in [4.78, 5) is 2.19. The highest BCUT2D eigenvalue weighted by Crippen LogP contribution is 2.23. The first-order chi connectivity index (χ1) is 8.35. The lowest BCUT2D eigenvalue weighted by atomic mass is 10.1. The van der Waals surface area contributed by atoms with Crippen molar-refractivity contribution in [3.63, 3.8) is 0 Å². The second-order valence-corrected chi connectivity index (χ2v) is 4.23. The zero-order valence-electron chi connectivity index (χ0n) is 10.6. The van der Waals surface area contributed by atoms with Crippen LogP contribution < -0.4 is 10.1 Å². The summed E-state index contributed by atoms with van der Waals surface area (Å²) in [5, 5.41) is 3.28. The quantitative estimate of drug-likeness (QED) is 0.909. The summed E-state index contributed by atoms with van der Waals surface area (Å²) < 4.78 is 18.3. The molecular formula is C13H20ClFN2O. The number of halogens is 2. The molecular weight excluding hydrogens is 255 g/mol. The third-order valence-electron chi connectivity index (χ3n) is 3.24. The predicted molar refractivity (Wildman–Crippen MR) is 73.4 cm³/mol. The van der Waals surface area contributed by atoms with Gasteiger partial charge in [0.1, 0.15) is 12.4 Å². The van der Waals surface area contributed by atoms with Gasteiger partial charge in [-0.2, -0.15) is 0 Å². The van der Waals surface area contributed by atoms with Gasteiger partial charge in [-0.15, -0.1) is 12.4 Å². The summed E-state index contributed by atoms with van der Waals surface area (Å²) in [5.41, 5.74) is 1.02. The minimum Gasteiger partial charge on any atom is -0.497 e. The van der Waals surface area contributed by atoms with Crippen molar-refractivity contribution in [1.29, 1.82) is 0 Å². The van der Waals surface area contributed by atoms with Crippen LogP contribution >= 0.6 is 12.4 Å². The van der Waals surface area contributed by atoms with Gasteiger partial charge < -0.3 is 10.1 Å². The fraction of sp³-hybridized carbons (Fsp3) is 0.538. The Kier molecular flexibility index (Phi) is 6.39. The number of methoxy groups -OCH3 is 1. The van der Waals surface area contributed by atoms with Crippen LogP contribution in [0.2, 0.25) is 0 Å². The highest BCUT2D eigenvalue weighted by atomic mass is 35.5. The van der Waals surface area contributed by atoms with Crippen LogP contribution in [0.3, 0.4) is 0 Å². The van der Waals surface area contributed by atoms with Crippen molar-refractivity contribution in [3.8, 4) is 5.75 Å². The van der Waals surface area contributed by atoms with Gasteiger partial charge in [-0.3, -0.25) is 4.90 Å². The summed E-state index contributed by atoms with van der Waals surface area (Å²) in [6, 6.07) is 7.55. The Morgan fingerprint density at radius 1 is 1.28 bits per heavy atom. The Morgan fingerprint density at radius 3 is 2.39 bits per heavy atom. The Labute approximate surface area is 114 Å². The molecule has 0 amide bonds. The molecule has 1 aliphatic rings. The van der Waals surface area contributed by atoms with Crippen molar-refractivity contribution in [2.45, 2.75) is 6.04 Å². The van der Waals surface area contributed by atoms with Gasteiger partial charge in [-0.05, 0) is 17.7 Å². The number of alkyl halides is 1. The van der Waals surface area contributed by atoms with Crippen LogP contribution in [0.25, 0.3) is 0 Å². The smallest absolute Gasteiger partial charge is 0.118 e. The van der Waals surface area contributed by atoms with Gasteiger partial charge in [-0.25, -0.2) is 4.39 Å². The van der Waals surface area contributed by atoms with Crippen molar-refractivity contribution in [2.24, 2.45) is 0 Å². The Morgan fingerprint density at radius 2 is 1.89 bits per heavy atom. The fourth-order valence-corrected chi connectivity index (χ4v) is 2.22. The molecule has 0 unspecified atom stereocenters. The zero-order valence-corrected chi connectivity index (χ0v) is 11.4. The molecule has 1 atom stereocenters. The van der Waals surface area contributed by atoms with Gasteiger partial charge >= 0.3 is 0 Å². The summed E-state index contributed by atoms with van der Waals surface area (Å²) in [6.07, 6.45) is 0. The van der Waals surface area contributed by atoms with Crippen LogP contribution in [-0.4, -0.2) is 44.9 Å². The highest BCUT2D eigenvalue weighted by molar-refractivity contribution is 5.85. The second kappa shape index (κ2) is 7.56. The van der Waals surface area contributed by atoms with E-state index in [9.17, 15) is 4.39 Å². The summed E-state index contributed by atoms with van der Waals surface area (Å²) in [5.74, 6) is 0.812. The number of hydrogen-bond donors (Lipinski definition) is 1. The van der Waals surface area contributed by atoms with E-state index in [2.05, 4.69) is 10.2 Å². The van der Waals surface area contributed by atoms with Crippen LogP contribution in [0.5, 0.6) is 5.75 Å². The van der Waals surface area contributed by atoms with E-state index in [1.54, 1.807) is 7.11 Å². The molecule has 3 nitrogen and oxygen atoms in total. The van der Waals surface area contributed by atoms with Gasteiger partial charge in [0.2, 0.25) is 0 Å². The molecule has 1 N–H and O–H groups in total. The maximum Gasteiger partial charge on any atom is 0.118 e. The van der Waals surface area contributed by atoms with E-state index in [4.69, 9.17) is 4.74 Å². The Hall–Kier alpha value is -0.840. The van der Waals surface area contributed by atoms with Crippen molar-refractivity contribution in [3.05, 3.63) is 29.8 Å². The molecule has 1 aromatic carbocycles. The lowest BCUT2D eigenvalue weighted by Gasteiger charge is -2.33. The van der Waals surface area contributed by atoms with E-state index < -0.39 is 0 Å². The molecule has 1 heterocycles. The van der Waals surface area contributed by atoms with E-state index in [0.29, 0.717) is 0 Å². The normalized spacial score (nSPS) is 17.9. The van der Waals surface area contributed by atoms with E-state index in [-0.39, 0.29) is 25.1 Å². The molecule has 0 spiro atoms. The third-order valence-corrected chi connectivity index (χ3v) is 3.24. The SMILES string of the molecule is COc1ccc([C@@H](CF)N2CCNCC2)cc1.Cl. The first-order valence-electron chi connectivity index (χ1n) is 6.00. The highest BCUT2D eigenvalue weighted by Gasteiger charge is 2.21. The van der Waals surface area contributed by atoms with Crippen molar-refractivity contribution >= 4 is 12.4 Å². The molecule has 1 fully saturated rings. The maximum absolute atomic E-state index is 13.2. The second-order valence-electron chi connectivity index (χ2n) is 4.23. The third kappa shape index (κ3) is 3.57. The van der Waals surface area contributed by atoms with Crippen molar-refractivity contribution in [2.75, 3.05) is 40.0 Å². The Bertz CT molecular complexity index is 341. The van der Waals surface area contributed by atoms with Crippen LogP contribution in [-0.2, 0) is 0 Å². The van der Waals surface area contributed by atoms with Gasteiger partial charge in [-0.1, -0.05) is 12.1 Å². The van der Waals surface area contributed by atoms with Crippen LogP contribution in [0.15, 0.2) is 24.3 Å². The molecule has 0 saturated carbocycles. The number of hydrogen-bond acceptors (Lipinski definition) is 3. The van der Waals surface area contributed by atoms with Crippen LogP contribution in [0, 0.1) is 0 Å². The monoisotopic (exact) mass is 274 g/mol. The molecule has 0 aliphatic carbocycles. The molecule has 102 valence electrons. The molecule has 18 heavy (non-hydrogen) atoms. The number of piperazine rings is 1. The molecule has 5 heteroatoms. The lowest BCUT2D eigenvalue weighted by molar-refractivity contribution is 0.147. The van der Waals surface area contributed by atoms with Crippen molar-refractivity contribution in [1.82, 2.24) is 10.2 Å². The van der Waals surface area contributed by atoms with Gasteiger partial charge in [0.15, 0.2) is 0 Å². The molecule has 0 radical (unpaired) electrons. The average Bonchev–Trinajstić information content (AvgIpc) is 2.42. The van der Waals surface area contributed by atoms with Crippen LogP contribution in [0.4, 0.5) is 4.39 Å². The summed E-state index contributed by atoms with van der Waals surface area (Å²) in [7, 11) is 1.64. The van der Waals surface area contributed by atoms with Gasteiger partial charge in [0, 0.05) is 26.2 Å².